The van der Waals surface area contributed by atoms with Gasteiger partial charge in [0.25, 0.3) is 0 Å². The summed E-state index contributed by atoms with van der Waals surface area (Å²) in [7, 11) is 0. The molecule has 2 rings (SSSR count). The number of halogens is 2. The number of nitrogens with one attached hydrogen (secondary N) is 2. The summed E-state index contributed by atoms with van der Waals surface area (Å²) in [6, 6.07) is 11.0. The zero-order valence-electron chi connectivity index (χ0n) is 16.7. The van der Waals surface area contributed by atoms with Crippen LogP contribution < -0.4 is 16.4 Å². The van der Waals surface area contributed by atoms with Crippen molar-refractivity contribution < 1.29 is 16.8 Å². The number of hydrogen-bond donors (Lipinski definition) is 3. The second-order valence-electron chi connectivity index (χ2n) is 6.89. The van der Waals surface area contributed by atoms with Crippen LogP contribution in [0.5, 0.6) is 0 Å². The largest absolute Gasteiger partial charge is 0.355 e. The van der Waals surface area contributed by atoms with Crippen LogP contribution in [0.4, 0.5) is 4.39 Å². The molecule has 0 bridgehead atoms. The van der Waals surface area contributed by atoms with Gasteiger partial charge < -0.3 is 16.4 Å². The van der Waals surface area contributed by atoms with Crippen molar-refractivity contribution >= 4 is 23.3 Å². The normalized spacial score (nSPS) is 13.0. The molecule has 0 heterocycles. The van der Waals surface area contributed by atoms with Crippen molar-refractivity contribution in [3.8, 4) is 0 Å². The van der Waals surface area contributed by atoms with Crippen molar-refractivity contribution in [3.05, 3.63) is 70.0 Å². The van der Waals surface area contributed by atoms with Crippen molar-refractivity contribution in [1.82, 2.24) is 10.6 Å². The van der Waals surface area contributed by atoms with Gasteiger partial charge in [-0.1, -0.05) is 54.9 Å². The SMILES string of the molecule is CC[C@H](N[C@@H](C)CC(=O)NCCN)c1ccc(Cl)c(C(=O)c2ccccc2)c1F.[HH].[HH]. The number of carbonyl (C=O) groups excluding carboxylic acids is 2. The van der Waals surface area contributed by atoms with Crippen LogP contribution in [0.3, 0.4) is 0 Å². The minimum Gasteiger partial charge on any atom is -0.355 e. The Bertz CT molecular complexity index is 856. The van der Waals surface area contributed by atoms with Crippen molar-refractivity contribution in [2.45, 2.75) is 38.8 Å². The third-order valence-electron chi connectivity index (χ3n) is 4.61. The molecule has 0 saturated heterocycles. The van der Waals surface area contributed by atoms with Gasteiger partial charge in [0, 0.05) is 45.6 Å². The summed E-state index contributed by atoms with van der Waals surface area (Å²) in [4.78, 5) is 24.7. The molecule has 0 aliphatic carbocycles. The smallest absolute Gasteiger partial charge is 0.221 e. The molecule has 0 spiro atoms. The lowest BCUT2D eigenvalue weighted by Crippen LogP contribution is -2.37. The molecule has 2 aromatic rings. The summed E-state index contributed by atoms with van der Waals surface area (Å²) < 4.78 is 15.3. The standard InChI is InChI=1S/C22H27ClFN3O2.2H2/c1-3-18(27-14(2)13-19(28)26-12-11-25)16-9-10-17(23)20(21(16)24)22(29)15-7-5-4-6-8-15;;/h4-10,14,18,27H,3,11-13,25H2,1-2H3,(H,26,28);2*1H/t14-,18-;;/m0../s1. The molecule has 2 atom stereocenters. The number of hydrogen-bond acceptors (Lipinski definition) is 4. The second kappa shape index (κ2) is 11.0. The van der Waals surface area contributed by atoms with Crippen LogP contribution in [0.25, 0.3) is 0 Å². The lowest BCUT2D eigenvalue weighted by atomic mass is 9.95. The van der Waals surface area contributed by atoms with Crippen molar-refractivity contribution in [1.29, 1.82) is 0 Å². The second-order valence-corrected chi connectivity index (χ2v) is 7.30. The Morgan fingerprint density at radius 1 is 1.21 bits per heavy atom. The molecule has 5 nitrogen and oxygen atoms in total. The fraction of sp³-hybridized carbons (Fsp3) is 0.364. The van der Waals surface area contributed by atoms with E-state index in [1.165, 1.54) is 0 Å². The van der Waals surface area contributed by atoms with Gasteiger partial charge in [-0.2, -0.15) is 0 Å². The van der Waals surface area contributed by atoms with Gasteiger partial charge in [-0.15, -0.1) is 0 Å². The first-order valence-electron chi connectivity index (χ1n) is 9.69. The van der Waals surface area contributed by atoms with E-state index < -0.39 is 11.6 Å². The maximum absolute atomic E-state index is 15.3. The lowest BCUT2D eigenvalue weighted by molar-refractivity contribution is -0.121. The summed E-state index contributed by atoms with van der Waals surface area (Å²) in [5, 5.41) is 6.06. The molecule has 0 fully saturated rings. The molecule has 0 aliphatic rings. The third-order valence-corrected chi connectivity index (χ3v) is 4.93. The Balaban J connectivity index is 0.00000450. The Morgan fingerprint density at radius 2 is 1.90 bits per heavy atom. The van der Waals surface area contributed by atoms with Gasteiger partial charge in [0.15, 0.2) is 5.78 Å². The Morgan fingerprint density at radius 3 is 2.52 bits per heavy atom. The molecule has 2 aromatic carbocycles. The maximum Gasteiger partial charge on any atom is 0.221 e. The molecule has 0 radical (unpaired) electrons. The van der Waals surface area contributed by atoms with Gasteiger partial charge in [0.1, 0.15) is 5.82 Å². The first-order chi connectivity index (χ1) is 13.9. The summed E-state index contributed by atoms with van der Waals surface area (Å²) in [5.74, 6) is -1.22. The van der Waals surface area contributed by atoms with Crippen LogP contribution in [0.15, 0.2) is 42.5 Å². The zero-order valence-corrected chi connectivity index (χ0v) is 17.4. The number of ketones is 1. The molecule has 4 N–H and O–H groups in total. The highest BCUT2D eigenvalue weighted by Crippen LogP contribution is 2.30. The minimum absolute atomic E-state index is 0. The van der Waals surface area contributed by atoms with E-state index in [1.807, 2.05) is 13.8 Å². The van der Waals surface area contributed by atoms with Crippen LogP contribution in [0, 0.1) is 5.82 Å². The molecule has 0 unspecified atom stereocenters. The third kappa shape index (κ3) is 6.10. The van der Waals surface area contributed by atoms with Gasteiger partial charge in [-0.05, 0) is 19.4 Å². The van der Waals surface area contributed by atoms with E-state index in [0.717, 1.165) is 0 Å². The van der Waals surface area contributed by atoms with E-state index in [2.05, 4.69) is 10.6 Å². The number of amides is 1. The van der Waals surface area contributed by atoms with Crippen molar-refractivity contribution in [2.75, 3.05) is 13.1 Å². The topological polar surface area (TPSA) is 84.2 Å². The van der Waals surface area contributed by atoms with E-state index in [1.54, 1.807) is 42.5 Å². The highest BCUT2D eigenvalue weighted by Gasteiger charge is 2.25. The van der Waals surface area contributed by atoms with Gasteiger partial charge in [-0.25, -0.2) is 4.39 Å². The Labute approximate surface area is 178 Å². The first kappa shape index (κ1) is 23.0. The van der Waals surface area contributed by atoms with Crippen LogP contribution in [-0.2, 0) is 4.79 Å². The van der Waals surface area contributed by atoms with Gasteiger partial charge >= 0.3 is 0 Å². The monoisotopic (exact) mass is 423 g/mol. The molecule has 160 valence electrons. The molecular weight excluding hydrogens is 393 g/mol. The van der Waals surface area contributed by atoms with E-state index in [4.69, 9.17) is 17.3 Å². The van der Waals surface area contributed by atoms with Gasteiger partial charge in [0.05, 0.1) is 10.6 Å². The molecule has 0 saturated carbocycles. The number of carbonyl (C=O) groups is 2. The molecule has 0 aliphatic heterocycles. The number of rotatable bonds is 10. The van der Waals surface area contributed by atoms with Crippen LogP contribution >= 0.6 is 11.6 Å². The summed E-state index contributed by atoms with van der Waals surface area (Å²) in [5.41, 5.74) is 5.97. The maximum atomic E-state index is 15.3. The fourth-order valence-corrected chi connectivity index (χ4v) is 3.40. The average Bonchev–Trinajstić information content (AvgIpc) is 2.71. The first-order valence-corrected chi connectivity index (χ1v) is 10.1. The van der Waals surface area contributed by atoms with Crippen LogP contribution in [-0.4, -0.2) is 30.8 Å². The Kier molecular flexibility index (Phi) is 8.76. The summed E-state index contributed by atoms with van der Waals surface area (Å²) in [6.45, 7) is 4.55. The highest BCUT2D eigenvalue weighted by atomic mass is 35.5. The fourth-order valence-electron chi connectivity index (χ4n) is 3.17. The van der Waals surface area contributed by atoms with Crippen molar-refractivity contribution in [2.24, 2.45) is 5.73 Å². The molecular formula is C22H31ClFN3O2. The number of benzene rings is 2. The van der Waals surface area contributed by atoms with Crippen LogP contribution in [0.2, 0.25) is 5.02 Å². The predicted octanol–water partition coefficient (Wildman–Crippen LogP) is 4.10. The summed E-state index contributed by atoms with van der Waals surface area (Å²) in [6.07, 6.45) is 0.813. The van der Waals surface area contributed by atoms with Gasteiger partial charge in [-0.3, -0.25) is 9.59 Å². The summed E-state index contributed by atoms with van der Waals surface area (Å²) >= 11 is 6.17. The van der Waals surface area contributed by atoms with E-state index in [0.29, 0.717) is 30.6 Å². The predicted molar refractivity (Wildman–Crippen MR) is 118 cm³/mol. The lowest BCUT2D eigenvalue weighted by Gasteiger charge is -2.24. The zero-order chi connectivity index (χ0) is 21.4. The minimum atomic E-state index is -0.634. The molecule has 7 heteroatoms. The van der Waals surface area contributed by atoms with E-state index in [-0.39, 0.29) is 37.9 Å². The number of nitrogens with two attached hydrogens (primary N) is 1. The molecule has 0 aromatic heterocycles. The Hall–Kier alpha value is -2.28. The van der Waals surface area contributed by atoms with Crippen LogP contribution in [0.1, 0.15) is 57.1 Å². The quantitative estimate of drug-likeness (QED) is 0.502. The van der Waals surface area contributed by atoms with Gasteiger partial charge in [0.2, 0.25) is 5.91 Å². The van der Waals surface area contributed by atoms with Crippen molar-refractivity contribution in [3.63, 3.8) is 0 Å². The molecule has 1 amide bonds. The highest BCUT2D eigenvalue weighted by molar-refractivity contribution is 6.35. The molecule has 29 heavy (non-hydrogen) atoms. The van der Waals surface area contributed by atoms with E-state index in [9.17, 15) is 9.59 Å². The van der Waals surface area contributed by atoms with E-state index >= 15 is 4.39 Å². The average molecular weight is 424 g/mol.